The van der Waals surface area contributed by atoms with E-state index in [2.05, 4.69) is 9.89 Å². The molecular formula is C15H15N3OS. The number of rotatable bonds is 2. The lowest BCUT2D eigenvalue weighted by atomic mass is 9.94. The van der Waals surface area contributed by atoms with E-state index in [0.29, 0.717) is 11.3 Å². The van der Waals surface area contributed by atoms with Gasteiger partial charge in [-0.2, -0.15) is 0 Å². The Kier molecular flexibility index (Phi) is 3.14. The van der Waals surface area contributed by atoms with Gasteiger partial charge in [0.05, 0.1) is 17.3 Å². The van der Waals surface area contributed by atoms with Crippen molar-refractivity contribution in [2.45, 2.75) is 19.9 Å². The minimum atomic E-state index is -0.413. The number of hydrogen-bond acceptors (Lipinski definition) is 4. The van der Waals surface area contributed by atoms with Crippen molar-refractivity contribution in [1.29, 1.82) is 0 Å². The molecule has 1 aromatic rings. The summed E-state index contributed by atoms with van der Waals surface area (Å²) >= 11 is 1.58. The second-order valence-electron chi connectivity index (χ2n) is 4.82. The van der Waals surface area contributed by atoms with Crippen molar-refractivity contribution in [2.75, 3.05) is 0 Å². The van der Waals surface area contributed by atoms with Crippen molar-refractivity contribution in [3.05, 3.63) is 58.3 Å². The fourth-order valence-electron chi connectivity index (χ4n) is 2.59. The number of amides is 1. The molecule has 0 spiro atoms. The first-order valence-electron chi connectivity index (χ1n) is 6.36. The maximum Gasteiger partial charge on any atom is 0.248 e. The van der Waals surface area contributed by atoms with Crippen LogP contribution >= 0.6 is 11.8 Å². The van der Waals surface area contributed by atoms with E-state index < -0.39 is 5.91 Å². The summed E-state index contributed by atoms with van der Waals surface area (Å²) in [5, 5.41) is 2.95. The standard InChI is InChI=1S/C15H15N3OS/c1-9-8-20-15-17-10(2)12(14(16)19)13(18(9)15)11-6-4-3-5-7-11/h3-8,13H,1-2H3,(H2,16,19)/t13-/m0/s1. The van der Waals surface area contributed by atoms with Crippen LogP contribution in [0.4, 0.5) is 0 Å². The molecule has 0 saturated heterocycles. The van der Waals surface area contributed by atoms with Crippen LogP contribution in [0.3, 0.4) is 0 Å². The Bertz CT molecular complexity index is 661. The highest BCUT2D eigenvalue weighted by atomic mass is 32.2. The summed E-state index contributed by atoms with van der Waals surface area (Å²) in [6.45, 7) is 3.86. The predicted octanol–water partition coefficient (Wildman–Crippen LogP) is 2.77. The zero-order valence-corrected chi connectivity index (χ0v) is 12.1. The van der Waals surface area contributed by atoms with Crippen LogP contribution in [0.25, 0.3) is 0 Å². The van der Waals surface area contributed by atoms with Gasteiger partial charge in [0.2, 0.25) is 5.91 Å². The maximum atomic E-state index is 11.9. The quantitative estimate of drug-likeness (QED) is 0.909. The molecule has 4 nitrogen and oxygen atoms in total. The zero-order chi connectivity index (χ0) is 14.3. The minimum Gasteiger partial charge on any atom is -0.366 e. The average Bonchev–Trinajstić information content (AvgIpc) is 2.79. The van der Waals surface area contributed by atoms with Crippen LogP contribution in [0.2, 0.25) is 0 Å². The van der Waals surface area contributed by atoms with Crippen LogP contribution in [0.15, 0.2) is 57.7 Å². The smallest absolute Gasteiger partial charge is 0.248 e. The van der Waals surface area contributed by atoms with E-state index in [4.69, 9.17) is 5.73 Å². The first-order chi connectivity index (χ1) is 9.59. The number of benzene rings is 1. The van der Waals surface area contributed by atoms with Crippen LogP contribution in [0, 0.1) is 0 Å². The molecule has 0 saturated carbocycles. The van der Waals surface area contributed by atoms with Gasteiger partial charge in [0.1, 0.15) is 0 Å². The van der Waals surface area contributed by atoms with Gasteiger partial charge in [0, 0.05) is 5.70 Å². The Morgan fingerprint density at radius 2 is 2.00 bits per heavy atom. The molecule has 0 unspecified atom stereocenters. The van der Waals surface area contributed by atoms with Crippen molar-refractivity contribution in [2.24, 2.45) is 10.7 Å². The third-order valence-corrected chi connectivity index (χ3v) is 4.44. The van der Waals surface area contributed by atoms with Crippen LogP contribution in [-0.2, 0) is 4.79 Å². The molecular weight excluding hydrogens is 270 g/mol. The number of aliphatic imine (C=N–C) groups is 1. The van der Waals surface area contributed by atoms with E-state index in [1.54, 1.807) is 11.8 Å². The number of carbonyl (C=O) groups is 1. The topological polar surface area (TPSA) is 58.7 Å². The highest BCUT2D eigenvalue weighted by Crippen LogP contribution is 2.43. The van der Waals surface area contributed by atoms with Crippen molar-refractivity contribution >= 4 is 22.8 Å². The van der Waals surface area contributed by atoms with Crippen molar-refractivity contribution in [1.82, 2.24) is 4.90 Å². The summed E-state index contributed by atoms with van der Waals surface area (Å²) in [7, 11) is 0. The first-order valence-corrected chi connectivity index (χ1v) is 7.24. The Morgan fingerprint density at radius 3 is 2.65 bits per heavy atom. The summed E-state index contributed by atoms with van der Waals surface area (Å²) in [6, 6.07) is 9.74. The number of carbonyl (C=O) groups excluding carboxylic acids is 1. The van der Waals surface area contributed by atoms with Crippen molar-refractivity contribution in [3.8, 4) is 0 Å². The molecule has 20 heavy (non-hydrogen) atoms. The number of nitrogens with two attached hydrogens (primary N) is 1. The molecule has 2 heterocycles. The zero-order valence-electron chi connectivity index (χ0n) is 11.3. The number of fused-ring (bicyclic) bond motifs is 1. The molecule has 3 rings (SSSR count). The molecule has 1 atom stereocenters. The SMILES string of the molecule is CC1=CSC2=NC(C)=C(C(N)=O)[C@H](c3ccccc3)N12. The summed E-state index contributed by atoms with van der Waals surface area (Å²) in [4.78, 5) is 18.5. The second kappa shape index (κ2) is 4.83. The monoisotopic (exact) mass is 285 g/mol. The van der Waals surface area contributed by atoms with Crippen LogP contribution in [-0.4, -0.2) is 16.0 Å². The van der Waals surface area contributed by atoms with Crippen molar-refractivity contribution < 1.29 is 4.79 Å². The highest BCUT2D eigenvalue weighted by Gasteiger charge is 2.37. The lowest BCUT2D eigenvalue weighted by Gasteiger charge is -2.35. The van der Waals surface area contributed by atoms with E-state index in [9.17, 15) is 4.79 Å². The molecule has 2 aliphatic rings. The molecule has 1 aromatic carbocycles. The number of primary amides is 1. The molecule has 0 aliphatic carbocycles. The Labute approximate surface area is 122 Å². The van der Waals surface area contributed by atoms with E-state index >= 15 is 0 Å². The van der Waals surface area contributed by atoms with Gasteiger partial charge < -0.3 is 10.6 Å². The fraction of sp³-hybridized carbons (Fsp3) is 0.200. The van der Waals surface area contributed by atoms with Gasteiger partial charge in [0.15, 0.2) is 5.17 Å². The number of amidine groups is 1. The summed E-state index contributed by atoms with van der Waals surface area (Å²) < 4.78 is 0. The Morgan fingerprint density at radius 1 is 1.30 bits per heavy atom. The van der Waals surface area contributed by atoms with E-state index in [-0.39, 0.29) is 6.04 Å². The number of thioether (sulfide) groups is 1. The van der Waals surface area contributed by atoms with Gasteiger partial charge in [-0.25, -0.2) is 4.99 Å². The van der Waals surface area contributed by atoms with Gasteiger partial charge in [-0.15, -0.1) is 0 Å². The minimum absolute atomic E-state index is 0.188. The lowest BCUT2D eigenvalue weighted by molar-refractivity contribution is -0.115. The molecule has 1 amide bonds. The van der Waals surface area contributed by atoms with Gasteiger partial charge in [-0.1, -0.05) is 42.1 Å². The molecule has 2 aliphatic heterocycles. The van der Waals surface area contributed by atoms with Gasteiger partial charge in [-0.3, -0.25) is 4.79 Å². The third kappa shape index (κ3) is 1.94. The molecule has 2 N–H and O–H groups in total. The van der Waals surface area contributed by atoms with Crippen LogP contribution in [0.1, 0.15) is 25.5 Å². The van der Waals surface area contributed by atoms with E-state index in [0.717, 1.165) is 16.4 Å². The Hall–Kier alpha value is -2.01. The van der Waals surface area contributed by atoms with E-state index in [1.807, 2.05) is 49.6 Å². The normalized spacial score (nSPS) is 21.5. The number of allylic oxidation sites excluding steroid dienone is 2. The molecule has 0 radical (unpaired) electrons. The Balaban J connectivity index is 2.18. The second-order valence-corrected chi connectivity index (χ2v) is 5.65. The maximum absolute atomic E-state index is 11.9. The molecule has 5 heteroatoms. The van der Waals surface area contributed by atoms with Crippen molar-refractivity contribution in [3.63, 3.8) is 0 Å². The summed E-state index contributed by atoms with van der Waals surface area (Å²) in [6.07, 6.45) is 0. The fourth-order valence-corrected chi connectivity index (χ4v) is 3.53. The highest BCUT2D eigenvalue weighted by molar-refractivity contribution is 8.16. The largest absolute Gasteiger partial charge is 0.366 e. The van der Waals surface area contributed by atoms with Crippen LogP contribution < -0.4 is 5.73 Å². The van der Waals surface area contributed by atoms with Gasteiger partial charge >= 0.3 is 0 Å². The molecule has 102 valence electrons. The predicted molar refractivity (Wildman–Crippen MR) is 81.7 cm³/mol. The third-order valence-electron chi connectivity index (χ3n) is 3.49. The summed E-state index contributed by atoms with van der Waals surface area (Å²) in [5.74, 6) is -0.413. The van der Waals surface area contributed by atoms with Gasteiger partial charge in [-0.05, 0) is 24.8 Å². The number of hydrogen-bond donors (Lipinski definition) is 1. The summed E-state index contributed by atoms with van der Waals surface area (Å²) in [5.41, 5.74) is 8.98. The van der Waals surface area contributed by atoms with Crippen LogP contribution in [0.5, 0.6) is 0 Å². The molecule has 0 fully saturated rings. The first kappa shape index (κ1) is 13.0. The average molecular weight is 285 g/mol. The van der Waals surface area contributed by atoms with Gasteiger partial charge in [0.25, 0.3) is 0 Å². The molecule has 0 bridgehead atoms. The number of nitrogens with zero attached hydrogens (tertiary/aromatic N) is 2. The van der Waals surface area contributed by atoms with E-state index in [1.165, 1.54) is 0 Å². The molecule has 0 aromatic heterocycles. The lowest BCUT2D eigenvalue weighted by Crippen LogP contribution is -2.37.